The Morgan fingerprint density at radius 1 is 1.25 bits per heavy atom. The number of benzene rings is 1. The van der Waals surface area contributed by atoms with Gasteiger partial charge in [-0.25, -0.2) is 9.37 Å². The minimum absolute atomic E-state index is 0.0889. The van der Waals surface area contributed by atoms with Gasteiger partial charge in [-0.1, -0.05) is 6.92 Å². The number of halogens is 1. The highest BCUT2D eigenvalue weighted by molar-refractivity contribution is 7.14. The van der Waals surface area contributed by atoms with Gasteiger partial charge in [-0.15, -0.1) is 11.3 Å². The van der Waals surface area contributed by atoms with Crippen molar-refractivity contribution in [3.05, 3.63) is 41.2 Å². The van der Waals surface area contributed by atoms with Crippen LogP contribution in [0.2, 0.25) is 0 Å². The van der Waals surface area contributed by atoms with Crippen molar-refractivity contribution >= 4 is 34.0 Å². The predicted octanol–water partition coefficient (Wildman–Crippen LogP) is 3.03. The van der Waals surface area contributed by atoms with Gasteiger partial charge >= 0.3 is 0 Å². The third-order valence-corrected chi connectivity index (χ3v) is 4.61. The molecule has 0 aliphatic heterocycles. The van der Waals surface area contributed by atoms with Crippen LogP contribution in [-0.2, 0) is 9.53 Å². The number of carbonyl (C=O) groups excluding carboxylic acids is 2. The molecule has 0 fully saturated rings. The van der Waals surface area contributed by atoms with E-state index in [9.17, 15) is 14.0 Å². The highest BCUT2D eigenvalue weighted by Crippen LogP contribution is 2.22. The molecule has 0 aliphatic rings. The molecule has 2 amide bonds. The summed E-state index contributed by atoms with van der Waals surface area (Å²) in [5.41, 5.74) is 0.971. The maximum Gasteiger partial charge on any atom is 0.273 e. The van der Waals surface area contributed by atoms with Gasteiger partial charge < -0.3 is 20.3 Å². The lowest BCUT2D eigenvalue weighted by atomic mass is 10.3. The zero-order valence-electron chi connectivity index (χ0n) is 16.0. The fourth-order valence-corrected chi connectivity index (χ4v) is 3.06. The van der Waals surface area contributed by atoms with E-state index in [1.54, 1.807) is 29.5 Å². The number of aromatic nitrogens is 1. The van der Waals surface area contributed by atoms with Gasteiger partial charge in [0.1, 0.15) is 11.5 Å². The average molecular weight is 408 g/mol. The molecule has 7 nitrogen and oxygen atoms in total. The Morgan fingerprint density at radius 2 is 2.00 bits per heavy atom. The molecule has 2 aromatic rings. The van der Waals surface area contributed by atoms with Crippen LogP contribution in [-0.4, -0.2) is 55.0 Å². The number of nitrogens with one attached hydrogen (secondary N) is 2. The zero-order valence-corrected chi connectivity index (χ0v) is 16.9. The van der Waals surface area contributed by atoms with Crippen molar-refractivity contribution in [2.24, 2.45) is 0 Å². The molecule has 0 bridgehead atoms. The zero-order chi connectivity index (χ0) is 20.4. The summed E-state index contributed by atoms with van der Waals surface area (Å²) >= 11 is 1.28. The Morgan fingerprint density at radius 3 is 2.68 bits per heavy atom. The van der Waals surface area contributed by atoms with Crippen molar-refractivity contribution in [3.63, 3.8) is 0 Å². The molecule has 0 spiro atoms. The lowest BCUT2D eigenvalue weighted by molar-refractivity contribution is -0.121. The number of rotatable bonds is 11. The summed E-state index contributed by atoms with van der Waals surface area (Å²) in [7, 11) is 1.56. The Labute approximate surface area is 167 Å². The van der Waals surface area contributed by atoms with E-state index in [0.29, 0.717) is 36.2 Å². The van der Waals surface area contributed by atoms with E-state index in [1.807, 2.05) is 6.92 Å². The quantitative estimate of drug-likeness (QED) is 0.597. The van der Waals surface area contributed by atoms with E-state index in [4.69, 9.17) is 4.74 Å². The molecule has 152 valence electrons. The third-order valence-electron chi connectivity index (χ3n) is 3.85. The molecule has 2 N–H and O–H groups in total. The first-order chi connectivity index (χ1) is 13.5. The summed E-state index contributed by atoms with van der Waals surface area (Å²) in [6, 6.07) is 5.88. The van der Waals surface area contributed by atoms with Crippen molar-refractivity contribution in [1.82, 2.24) is 15.2 Å². The van der Waals surface area contributed by atoms with Crippen molar-refractivity contribution < 1.29 is 18.7 Å². The van der Waals surface area contributed by atoms with Gasteiger partial charge in [0.2, 0.25) is 5.91 Å². The van der Waals surface area contributed by atoms with Gasteiger partial charge in [-0.2, -0.15) is 0 Å². The van der Waals surface area contributed by atoms with Gasteiger partial charge in [0.15, 0.2) is 5.13 Å². The monoisotopic (exact) mass is 408 g/mol. The molecule has 0 saturated carbocycles. The van der Waals surface area contributed by atoms with Crippen molar-refractivity contribution in [2.45, 2.75) is 19.8 Å². The van der Waals surface area contributed by atoms with Crippen LogP contribution < -0.4 is 10.6 Å². The molecule has 28 heavy (non-hydrogen) atoms. The first-order valence-electron chi connectivity index (χ1n) is 9.06. The minimum atomic E-state index is -0.322. The molecule has 0 atom stereocenters. The first-order valence-corrected chi connectivity index (χ1v) is 9.94. The van der Waals surface area contributed by atoms with Gasteiger partial charge in [-0.05, 0) is 30.7 Å². The second-order valence-corrected chi connectivity index (χ2v) is 6.91. The van der Waals surface area contributed by atoms with Crippen molar-refractivity contribution in [3.8, 4) is 0 Å². The van der Waals surface area contributed by atoms with Crippen LogP contribution in [0.4, 0.5) is 15.2 Å². The van der Waals surface area contributed by atoms with Gasteiger partial charge in [-0.3, -0.25) is 9.59 Å². The van der Waals surface area contributed by atoms with Crippen molar-refractivity contribution in [2.75, 3.05) is 38.7 Å². The summed E-state index contributed by atoms with van der Waals surface area (Å²) in [5.74, 6) is -0.671. The number of thiazole rings is 1. The average Bonchev–Trinajstić information content (AvgIpc) is 3.16. The second kappa shape index (κ2) is 11.4. The van der Waals surface area contributed by atoms with Crippen molar-refractivity contribution in [1.29, 1.82) is 0 Å². The number of methoxy groups -OCH3 is 1. The molecule has 0 aliphatic carbocycles. The Bertz CT molecular complexity index is 767. The van der Waals surface area contributed by atoms with Crippen LogP contribution in [0.25, 0.3) is 0 Å². The maximum absolute atomic E-state index is 13.0. The fraction of sp³-hybridized carbons (Fsp3) is 0.421. The van der Waals surface area contributed by atoms with Gasteiger partial charge in [0.25, 0.3) is 5.91 Å². The molecule has 9 heteroatoms. The number of nitrogens with zero attached hydrogens (tertiary/aromatic N) is 2. The van der Waals surface area contributed by atoms with Gasteiger partial charge in [0, 0.05) is 44.2 Å². The van der Waals surface area contributed by atoms with E-state index in [-0.39, 0.29) is 30.6 Å². The molecule has 1 aromatic carbocycles. The van der Waals surface area contributed by atoms with E-state index in [2.05, 4.69) is 15.6 Å². The molecule has 0 saturated heterocycles. The van der Waals surface area contributed by atoms with E-state index >= 15 is 0 Å². The molecule has 0 radical (unpaired) electrons. The van der Waals surface area contributed by atoms with Crippen LogP contribution in [0.5, 0.6) is 0 Å². The highest BCUT2D eigenvalue weighted by Gasteiger charge is 2.19. The lowest BCUT2D eigenvalue weighted by Crippen LogP contribution is -2.37. The number of hydrogen-bond donors (Lipinski definition) is 2. The van der Waals surface area contributed by atoms with Gasteiger partial charge in [0.05, 0.1) is 6.61 Å². The fourth-order valence-electron chi connectivity index (χ4n) is 2.35. The Kier molecular flexibility index (Phi) is 8.83. The topological polar surface area (TPSA) is 83.6 Å². The minimum Gasteiger partial charge on any atom is -0.383 e. The number of ether oxygens (including phenoxy) is 1. The summed E-state index contributed by atoms with van der Waals surface area (Å²) in [5, 5.41) is 8.03. The predicted molar refractivity (Wildman–Crippen MR) is 107 cm³/mol. The highest BCUT2D eigenvalue weighted by atomic mass is 32.1. The summed E-state index contributed by atoms with van der Waals surface area (Å²) < 4.78 is 18.1. The largest absolute Gasteiger partial charge is 0.383 e. The number of carbonyl (C=O) groups is 2. The SMILES string of the molecule is CCCNC(=O)CCN(CCOC)C(=O)c1csc(Nc2ccc(F)cc2)n1. The number of hydrogen-bond acceptors (Lipinski definition) is 6. The molecule has 1 heterocycles. The van der Waals surface area contributed by atoms with E-state index in [0.717, 1.165) is 6.42 Å². The molecule has 2 rings (SSSR count). The normalized spacial score (nSPS) is 10.5. The first kappa shape index (κ1) is 21.8. The molecule has 0 unspecified atom stereocenters. The molecule has 1 aromatic heterocycles. The Hall–Kier alpha value is -2.52. The number of anilines is 2. The van der Waals surface area contributed by atoms with Crippen LogP contribution >= 0.6 is 11.3 Å². The number of amides is 2. The lowest BCUT2D eigenvalue weighted by Gasteiger charge is -2.21. The summed E-state index contributed by atoms with van der Waals surface area (Å²) in [6.07, 6.45) is 1.08. The second-order valence-electron chi connectivity index (χ2n) is 6.05. The third kappa shape index (κ3) is 6.90. The van der Waals surface area contributed by atoms with Crippen LogP contribution in [0.1, 0.15) is 30.3 Å². The molecular formula is C19H25FN4O3S. The summed E-state index contributed by atoms with van der Waals surface area (Å²) in [4.78, 5) is 30.5. The van der Waals surface area contributed by atoms with Crippen LogP contribution in [0.3, 0.4) is 0 Å². The maximum atomic E-state index is 13.0. The smallest absolute Gasteiger partial charge is 0.273 e. The van der Waals surface area contributed by atoms with E-state index < -0.39 is 0 Å². The summed E-state index contributed by atoms with van der Waals surface area (Å²) in [6.45, 7) is 3.63. The Balaban J connectivity index is 1.99. The standard InChI is InChI=1S/C19H25FN4O3S/c1-3-9-21-17(25)8-10-24(11-12-27-2)18(26)16-13-28-19(23-16)22-15-6-4-14(20)5-7-15/h4-7,13H,3,8-12H2,1-2H3,(H,21,25)(H,22,23). The van der Waals surface area contributed by atoms with Crippen LogP contribution in [0, 0.1) is 5.82 Å². The van der Waals surface area contributed by atoms with Crippen LogP contribution in [0.15, 0.2) is 29.6 Å². The molecular weight excluding hydrogens is 383 g/mol. The van der Waals surface area contributed by atoms with E-state index in [1.165, 1.54) is 23.5 Å².